The summed E-state index contributed by atoms with van der Waals surface area (Å²) in [5, 5.41) is 5.63. The molecule has 3 aliphatic rings. The summed E-state index contributed by atoms with van der Waals surface area (Å²) in [6.45, 7) is 1.42. The van der Waals surface area contributed by atoms with Crippen molar-refractivity contribution in [2.75, 3.05) is 25.9 Å². The van der Waals surface area contributed by atoms with Gasteiger partial charge in [-0.05, 0) is 43.4 Å². The largest absolute Gasteiger partial charge is 0.313 e. The van der Waals surface area contributed by atoms with Gasteiger partial charge in [-0.25, -0.2) is 5.01 Å². The molecule has 3 fully saturated rings. The Hall–Kier alpha value is -0.210. The van der Waals surface area contributed by atoms with Gasteiger partial charge in [-0.15, -0.1) is 0 Å². The zero-order valence-electron chi connectivity index (χ0n) is 15.5. The summed E-state index contributed by atoms with van der Waals surface area (Å²) in [5.41, 5.74) is 3.61. The van der Waals surface area contributed by atoms with E-state index in [4.69, 9.17) is 4.55 Å². The van der Waals surface area contributed by atoms with Gasteiger partial charge in [-0.2, -0.15) is 8.42 Å². The van der Waals surface area contributed by atoms with Crippen LogP contribution in [-0.4, -0.2) is 56.0 Å². The third kappa shape index (κ3) is 5.63. The van der Waals surface area contributed by atoms with Gasteiger partial charge in [-0.3, -0.25) is 9.98 Å². The average Bonchev–Trinajstić information content (AvgIpc) is 3.01. The highest BCUT2D eigenvalue weighted by Gasteiger charge is 2.40. The van der Waals surface area contributed by atoms with Gasteiger partial charge in [0, 0.05) is 32.2 Å². The molecule has 1 aliphatic heterocycles. The van der Waals surface area contributed by atoms with Crippen LogP contribution < -0.4 is 10.7 Å². The molecule has 4 unspecified atom stereocenters. The first-order valence-corrected chi connectivity index (χ1v) is 11.7. The minimum Gasteiger partial charge on any atom is -0.313 e. The Bertz CT molecular complexity index is 522. The van der Waals surface area contributed by atoms with E-state index >= 15 is 0 Å². The van der Waals surface area contributed by atoms with Gasteiger partial charge in [0.25, 0.3) is 10.1 Å². The molecule has 0 bridgehead atoms. The summed E-state index contributed by atoms with van der Waals surface area (Å²) in [6.07, 6.45) is 11.8. The topological polar surface area (TPSA) is 81.7 Å². The molecule has 1 saturated heterocycles. The third-order valence-corrected chi connectivity index (χ3v) is 7.42. The van der Waals surface area contributed by atoms with Crippen LogP contribution in [-0.2, 0) is 10.1 Å². The molecule has 146 valence electrons. The molecule has 4 atom stereocenters. The predicted octanol–water partition coefficient (Wildman–Crippen LogP) is 2.04. The first-order chi connectivity index (χ1) is 11.9. The number of nitrogens with one attached hydrogen (secondary N) is 2. The summed E-state index contributed by atoms with van der Waals surface area (Å²) in [7, 11) is -1.79. The molecule has 3 N–H and O–H groups in total. The molecular weight excluding hydrogens is 338 g/mol. The standard InChI is InChI=1S/C18H35N3O3S/c1-21-11-9-18(20-21)16-13-15(14-5-3-2-4-6-14)7-8-17(16)19-10-12-25(22,23)24/h14-20H,2-13H2,1H3,(H,22,23,24). The molecule has 0 spiro atoms. The summed E-state index contributed by atoms with van der Waals surface area (Å²) in [6, 6.07) is 0.838. The van der Waals surface area contributed by atoms with Crippen molar-refractivity contribution in [2.45, 2.75) is 69.9 Å². The summed E-state index contributed by atoms with van der Waals surface area (Å²) in [4.78, 5) is 0. The number of hydrogen-bond acceptors (Lipinski definition) is 5. The Kier molecular flexibility index (Phi) is 6.77. The van der Waals surface area contributed by atoms with Crippen LogP contribution >= 0.6 is 0 Å². The molecule has 7 heteroatoms. The molecule has 2 saturated carbocycles. The summed E-state index contributed by atoms with van der Waals surface area (Å²) in [5.74, 6) is 2.08. The smallest absolute Gasteiger partial charge is 0.266 e. The normalized spacial score (nSPS) is 35.9. The molecule has 2 aliphatic carbocycles. The van der Waals surface area contributed by atoms with Crippen LogP contribution in [0.1, 0.15) is 57.8 Å². The average molecular weight is 374 g/mol. The van der Waals surface area contributed by atoms with Crippen LogP contribution in [0.25, 0.3) is 0 Å². The zero-order valence-corrected chi connectivity index (χ0v) is 16.3. The van der Waals surface area contributed by atoms with E-state index in [2.05, 4.69) is 22.8 Å². The van der Waals surface area contributed by atoms with Crippen LogP contribution in [0.2, 0.25) is 0 Å². The van der Waals surface area contributed by atoms with E-state index in [1.807, 2.05) is 0 Å². The van der Waals surface area contributed by atoms with E-state index in [1.54, 1.807) is 0 Å². The van der Waals surface area contributed by atoms with Crippen LogP contribution in [0.3, 0.4) is 0 Å². The Morgan fingerprint density at radius 2 is 1.84 bits per heavy atom. The molecular formula is C18H35N3O3S. The van der Waals surface area contributed by atoms with Crippen LogP contribution in [0.5, 0.6) is 0 Å². The van der Waals surface area contributed by atoms with Crippen molar-refractivity contribution in [3.05, 3.63) is 0 Å². The van der Waals surface area contributed by atoms with Crippen molar-refractivity contribution < 1.29 is 13.0 Å². The number of hydrogen-bond donors (Lipinski definition) is 3. The maximum atomic E-state index is 11.0. The second-order valence-electron chi connectivity index (χ2n) is 8.43. The maximum Gasteiger partial charge on any atom is 0.266 e. The highest BCUT2D eigenvalue weighted by atomic mass is 32.2. The summed E-state index contributed by atoms with van der Waals surface area (Å²) < 4.78 is 31.0. The van der Waals surface area contributed by atoms with Gasteiger partial charge >= 0.3 is 0 Å². The Labute approximate surface area is 152 Å². The fourth-order valence-corrected chi connectivity index (χ4v) is 5.78. The lowest BCUT2D eigenvalue weighted by atomic mass is 9.67. The maximum absolute atomic E-state index is 11.0. The minimum absolute atomic E-state index is 0.194. The Morgan fingerprint density at radius 1 is 1.08 bits per heavy atom. The zero-order chi connectivity index (χ0) is 17.9. The van der Waals surface area contributed by atoms with Crippen molar-refractivity contribution in [1.29, 1.82) is 0 Å². The predicted molar refractivity (Wildman–Crippen MR) is 99.8 cm³/mol. The van der Waals surface area contributed by atoms with E-state index in [-0.39, 0.29) is 5.75 Å². The molecule has 0 aromatic carbocycles. The van der Waals surface area contributed by atoms with Crippen molar-refractivity contribution in [3.63, 3.8) is 0 Å². The lowest BCUT2D eigenvalue weighted by molar-refractivity contribution is 0.103. The van der Waals surface area contributed by atoms with Crippen LogP contribution in [0.4, 0.5) is 0 Å². The van der Waals surface area contributed by atoms with Crippen molar-refractivity contribution in [3.8, 4) is 0 Å². The van der Waals surface area contributed by atoms with Crippen molar-refractivity contribution in [2.24, 2.45) is 17.8 Å². The minimum atomic E-state index is -3.88. The lowest BCUT2D eigenvalue weighted by Gasteiger charge is -2.43. The second kappa shape index (κ2) is 8.65. The molecule has 0 amide bonds. The second-order valence-corrected chi connectivity index (χ2v) is 10.00. The highest BCUT2D eigenvalue weighted by molar-refractivity contribution is 7.85. The molecule has 0 radical (unpaired) electrons. The fourth-order valence-electron chi connectivity index (χ4n) is 5.40. The number of hydrazine groups is 1. The van der Waals surface area contributed by atoms with Gasteiger partial charge < -0.3 is 5.32 Å². The number of nitrogens with zero attached hydrogens (tertiary/aromatic N) is 1. The van der Waals surface area contributed by atoms with Crippen LogP contribution in [0, 0.1) is 17.8 Å². The van der Waals surface area contributed by atoms with Crippen molar-refractivity contribution >= 4 is 10.1 Å². The SMILES string of the molecule is CN1CCC(C2CC(C3CCCCC3)CCC2NCCS(=O)(=O)O)N1. The Balaban J connectivity index is 1.61. The van der Waals surface area contributed by atoms with E-state index in [0.717, 1.165) is 31.2 Å². The molecule has 0 aromatic rings. The van der Waals surface area contributed by atoms with Crippen LogP contribution in [0.15, 0.2) is 0 Å². The van der Waals surface area contributed by atoms with Gasteiger partial charge in [0.05, 0.1) is 5.75 Å². The molecule has 3 rings (SSSR count). The lowest BCUT2D eigenvalue weighted by Crippen LogP contribution is -2.51. The van der Waals surface area contributed by atoms with E-state index < -0.39 is 10.1 Å². The monoisotopic (exact) mass is 373 g/mol. The first-order valence-electron chi connectivity index (χ1n) is 10.1. The third-order valence-electron chi connectivity index (χ3n) is 6.70. The Morgan fingerprint density at radius 3 is 2.48 bits per heavy atom. The first kappa shape index (κ1) is 19.5. The fraction of sp³-hybridized carbons (Fsp3) is 1.00. The molecule has 25 heavy (non-hydrogen) atoms. The van der Waals surface area contributed by atoms with Gasteiger partial charge in [-0.1, -0.05) is 32.1 Å². The quantitative estimate of drug-likeness (QED) is 0.618. The van der Waals surface area contributed by atoms with Crippen molar-refractivity contribution in [1.82, 2.24) is 15.8 Å². The van der Waals surface area contributed by atoms with E-state index in [9.17, 15) is 8.42 Å². The van der Waals surface area contributed by atoms with E-state index in [1.165, 1.54) is 44.9 Å². The molecule has 6 nitrogen and oxygen atoms in total. The molecule has 0 aromatic heterocycles. The van der Waals surface area contributed by atoms with Gasteiger partial charge in [0.15, 0.2) is 0 Å². The van der Waals surface area contributed by atoms with E-state index in [0.29, 0.717) is 24.5 Å². The number of rotatable bonds is 6. The van der Waals surface area contributed by atoms with Gasteiger partial charge in [0.1, 0.15) is 0 Å². The summed E-state index contributed by atoms with van der Waals surface area (Å²) >= 11 is 0. The molecule has 1 heterocycles. The highest BCUT2D eigenvalue weighted by Crippen LogP contribution is 2.42. The van der Waals surface area contributed by atoms with Gasteiger partial charge in [0.2, 0.25) is 0 Å².